The molecule has 2 aromatic heterocycles. The van der Waals surface area contributed by atoms with Gasteiger partial charge in [0.15, 0.2) is 20.8 Å². The van der Waals surface area contributed by atoms with Gasteiger partial charge in [0.2, 0.25) is 5.91 Å². The van der Waals surface area contributed by atoms with E-state index in [1.807, 2.05) is 47.9 Å². The second kappa shape index (κ2) is 9.92. The highest BCUT2D eigenvalue weighted by Crippen LogP contribution is 2.29. The minimum atomic E-state index is -3.06. The van der Waals surface area contributed by atoms with Gasteiger partial charge >= 0.3 is 0 Å². The average Bonchev–Trinajstić information content (AvgIpc) is 3.41. The van der Waals surface area contributed by atoms with Crippen LogP contribution in [0, 0.1) is 0 Å². The van der Waals surface area contributed by atoms with Crippen molar-refractivity contribution in [2.75, 3.05) is 30.9 Å². The molecular formula is C22H25N5O4S2. The van der Waals surface area contributed by atoms with E-state index in [0.717, 1.165) is 17.0 Å². The zero-order valence-electron chi connectivity index (χ0n) is 18.4. The minimum Gasteiger partial charge on any atom is -0.494 e. The van der Waals surface area contributed by atoms with Crippen molar-refractivity contribution in [2.45, 2.75) is 24.5 Å². The molecule has 0 bridgehead atoms. The molecule has 0 saturated carbocycles. The fraction of sp³-hybridized carbons (Fsp3) is 0.364. The molecule has 3 aromatic rings. The van der Waals surface area contributed by atoms with E-state index in [9.17, 15) is 13.2 Å². The molecule has 1 aliphatic rings. The summed E-state index contributed by atoms with van der Waals surface area (Å²) in [5, 5.41) is 9.24. The van der Waals surface area contributed by atoms with E-state index in [0.29, 0.717) is 24.0 Å². The molecule has 1 aromatic carbocycles. The Morgan fingerprint density at radius 2 is 2.03 bits per heavy atom. The quantitative estimate of drug-likeness (QED) is 0.446. The van der Waals surface area contributed by atoms with Crippen molar-refractivity contribution >= 4 is 27.5 Å². The van der Waals surface area contributed by atoms with E-state index in [2.05, 4.69) is 15.2 Å². The number of aromatic nitrogens is 4. The number of thioether (sulfide) groups is 1. The maximum atomic E-state index is 12.8. The van der Waals surface area contributed by atoms with Gasteiger partial charge in [0, 0.05) is 36.7 Å². The van der Waals surface area contributed by atoms with Gasteiger partial charge in [-0.1, -0.05) is 11.8 Å². The van der Waals surface area contributed by atoms with Crippen molar-refractivity contribution in [2.24, 2.45) is 0 Å². The normalized spacial score (nSPS) is 17.1. The van der Waals surface area contributed by atoms with E-state index >= 15 is 0 Å². The van der Waals surface area contributed by atoms with Gasteiger partial charge in [0.25, 0.3) is 0 Å². The standard InChI is InChI=1S/C22H25N5O4S2/c1-3-31-19-8-6-17(7-9-19)27-21(16-5-4-11-23-13-16)24-25-22(27)32-14-20(28)26(2)18-10-12-33(29,30)15-18/h4-9,11,13,18H,3,10,12,14-15H2,1-2H3. The van der Waals surface area contributed by atoms with E-state index < -0.39 is 9.84 Å². The molecule has 33 heavy (non-hydrogen) atoms. The van der Waals surface area contributed by atoms with Crippen molar-refractivity contribution in [3.63, 3.8) is 0 Å². The SMILES string of the molecule is CCOc1ccc(-n2c(SCC(=O)N(C)C3CCS(=O)(=O)C3)nnc2-c2cccnc2)cc1. The number of hydrogen-bond donors (Lipinski definition) is 0. The number of hydrogen-bond acceptors (Lipinski definition) is 8. The van der Waals surface area contributed by atoms with Crippen LogP contribution >= 0.6 is 11.8 Å². The van der Waals surface area contributed by atoms with E-state index in [1.54, 1.807) is 19.4 Å². The highest BCUT2D eigenvalue weighted by atomic mass is 32.2. The van der Waals surface area contributed by atoms with Crippen molar-refractivity contribution in [1.82, 2.24) is 24.6 Å². The topological polar surface area (TPSA) is 107 Å². The molecular weight excluding hydrogens is 462 g/mol. The summed E-state index contributed by atoms with van der Waals surface area (Å²) >= 11 is 1.26. The third-order valence-corrected chi connectivity index (χ3v) is 8.10. The Bertz CT molecular complexity index is 1210. The maximum absolute atomic E-state index is 12.8. The number of rotatable bonds is 8. The van der Waals surface area contributed by atoms with Crippen molar-refractivity contribution < 1.29 is 17.9 Å². The van der Waals surface area contributed by atoms with Crippen LogP contribution in [0.15, 0.2) is 53.9 Å². The average molecular weight is 488 g/mol. The highest BCUT2D eigenvalue weighted by Gasteiger charge is 2.32. The summed E-state index contributed by atoms with van der Waals surface area (Å²) in [6.45, 7) is 2.50. The number of benzene rings is 1. The van der Waals surface area contributed by atoms with Crippen LogP contribution in [-0.2, 0) is 14.6 Å². The molecule has 1 aliphatic heterocycles. The van der Waals surface area contributed by atoms with Gasteiger partial charge in [-0.15, -0.1) is 10.2 Å². The highest BCUT2D eigenvalue weighted by molar-refractivity contribution is 7.99. The van der Waals surface area contributed by atoms with Crippen molar-refractivity contribution in [3.05, 3.63) is 48.8 Å². The predicted octanol–water partition coefficient (Wildman–Crippen LogP) is 2.47. The lowest BCUT2D eigenvalue weighted by molar-refractivity contribution is -0.128. The number of amides is 1. The minimum absolute atomic E-state index is 0.0213. The van der Waals surface area contributed by atoms with Gasteiger partial charge in [-0.05, 0) is 49.7 Å². The summed E-state index contributed by atoms with van der Waals surface area (Å²) in [4.78, 5) is 18.5. The molecule has 0 radical (unpaired) electrons. The zero-order valence-corrected chi connectivity index (χ0v) is 20.1. The van der Waals surface area contributed by atoms with E-state index in [-0.39, 0.29) is 29.2 Å². The van der Waals surface area contributed by atoms with Gasteiger partial charge < -0.3 is 9.64 Å². The van der Waals surface area contributed by atoms with Gasteiger partial charge in [-0.25, -0.2) is 8.42 Å². The molecule has 1 saturated heterocycles. The Kier molecular flexibility index (Phi) is 6.99. The molecule has 0 spiro atoms. The summed E-state index contributed by atoms with van der Waals surface area (Å²) in [6, 6.07) is 11.0. The summed E-state index contributed by atoms with van der Waals surface area (Å²) in [5.41, 5.74) is 1.62. The molecule has 1 atom stereocenters. The van der Waals surface area contributed by atoms with Crippen LogP contribution in [0.3, 0.4) is 0 Å². The molecule has 1 unspecified atom stereocenters. The molecule has 9 nitrogen and oxygen atoms in total. The predicted molar refractivity (Wildman–Crippen MR) is 126 cm³/mol. The smallest absolute Gasteiger partial charge is 0.233 e. The van der Waals surface area contributed by atoms with Crippen LogP contribution in [0.5, 0.6) is 5.75 Å². The lowest BCUT2D eigenvalue weighted by Gasteiger charge is -2.23. The first-order valence-electron chi connectivity index (χ1n) is 10.6. The first-order chi connectivity index (χ1) is 15.9. The molecule has 4 rings (SSSR count). The molecule has 1 fully saturated rings. The Balaban J connectivity index is 1.58. The van der Waals surface area contributed by atoms with Gasteiger partial charge in [-0.3, -0.25) is 14.3 Å². The second-order valence-corrected chi connectivity index (χ2v) is 10.8. The molecule has 1 amide bonds. The van der Waals surface area contributed by atoms with Gasteiger partial charge in [0.1, 0.15) is 5.75 Å². The van der Waals surface area contributed by atoms with Crippen LogP contribution in [0.2, 0.25) is 0 Å². The Hall–Kier alpha value is -2.92. The third-order valence-electron chi connectivity index (χ3n) is 5.43. The zero-order chi connectivity index (χ0) is 23.4. The fourth-order valence-corrected chi connectivity index (χ4v) is 6.30. The lowest BCUT2D eigenvalue weighted by atomic mass is 10.2. The van der Waals surface area contributed by atoms with Crippen molar-refractivity contribution in [3.8, 4) is 22.8 Å². The summed E-state index contributed by atoms with van der Waals surface area (Å²) < 4.78 is 31.0. The van der Waals surface area contributed by atoms with Crippen LogP contribution in [0.1, 0.15) is 13.3 Å². The number of ether oxygens (including phenoxy) is 1. The summed E-state index contributed by atoms with van der Waals surface area (Å²) in [6.07, 6.45) is 3.88. The number of pyridine rings is 1. The number of nitrogens with zero attached hydrogens (tertiary/aromatic N) is 5. The molecule has 11 heteroatoms. The monoisotopic (exact) mass is 487 g/mol. The third kappa shape index (κ3) is 5.36. The maximum Gasteiger partial charge on any atom is 0.233 e. The van der Waals surface area contributed by atoms with Gasteiger partial charge in [0.05, 0.1) is 23.9 Å². The molecule has 174 valence electrons. The largest absolute Gasteiger partial charge is 0.494 e. The molecule has 0 aliphatic carbocycles. The Labute approximate surface area is 197 Å². The Morgan fingerprint density at radius 3 is 2.67 bits per heavy atom. The number of carbonyl (C=O) groups is 1. The van der Waals surface area contributed by atoms with Crippen LogP contribution in [0.25, 0.3) is 17.1 Å². The first-order valence-corrected chi connectivity index (χ1v) is 13.4. The van der Waals surface area contributed by atoms with Crippen LogP contribution < -0.4 is 4.74 Å². The van der Waals surface area contributed by atoms with Gasteiger partial charge in [-0.2, -0.15) is 0 Å². The fourth-order valence-electron chi connectivity index (χ4n) is 3.65. The lowest BCUT2D eigenvalue weighted by Crippen LogP contribution is -2.38. The first kappa shape index (κ1) is 23.2. The van der Waals surface area contributed by atoms with Crippen LogP contribution in [-0.4, -0.2) is 75.9 Å². The molecule has 0 N–H and O–H groups in total. The molecule has 3 heterocycles. The van der Waals surface area contributed by atoms with Crippen LogP contribution in [0.4, 0.5) is 0 Å². The van der Waals surface area contributed by atoms with E-state index in [1.165, 1.54) is 16.7 Å². The van der Waals surface area contributed by atoms with E-state index in [4.69, 9.17) is 4.74 Å². The summed E-state index contributed by atoms with van der Waals surface area (Å²) in [5.74, 6) is 1.49. The number of carbonyl (C=O) groups excluding carboxylic acids is 1. The summed E-state index contributed by atoms with van der Waals surface area (Å²) in [7, 11) is -1.40. The second-order valence-electron chi connectivity index (χ2n) is 7.66. The van der Waals surface area contributed by atoms with Crippen molar-refractivity contribution in [1.29, 1.82) is 0 Å². The Morgan fingerprint density at radius 1 is 1.24 bits per heavy atom. The number of sulfone groups is 1.